The number of piperazine rings is 1. The van der Waals surface area contributed by atoms with E-state index in [-0.39, 0.29) is 29.4 Å². The largest absolute Gasteiger partial charge is 0.506 e. The Morgan fingerprint density at radius 2 is 1.52 bits per heavy atom. The molecular weight excluding hydrogens is 880 g/mol. The quantitative estimate of drug-likeness (QED) is 0.0540. The fourth-order valence-corrected chi connectivity index (χ4v) is 10.6. The van der Waals surface area contributed by atoms with Crippen LogP contribution in [0.3, 0.4) is 0 Å². The second-order valence-electron chi connectivity index (χ2n) is 19.3. The van der Waals surface area contributed by atoms with Gasteiger partial charge in [0.25, 0.3) is 0 Å². The van der Waals surface area contributed by atoms with E-state index < -0.39 is 23.0 Å². The molecule has 16 heteroatoms. The Hall–Kier alpha value is -6.91. The fraction of sp³-hybridized carbons (Fsp3) is 0.396. The van der Waals surface area contributed by atoms with Crippen LogP contribution in [0, 0.1) is 17.2 Å². The van der Waals surface area contributed by atoms with E-state index in [0.29, 0.717) is 96.8 Å². The van der Waals surface area contributed by atoms with Crippen LogP contribution in [0.25, 0.3) is 10.9 Å². The van der Waals surface area contributed by atoms with Crippen LogP contribution in [0.2, 0.25) is 0 Å². The number of phenols is 1. The highest BCUT2D eigenvalue weighted by Crippen LogP contribution is 2.48. The number of anilines is 3. The van der Waals surface area contributed by atoms with E-state index in [1.54, 1.807) is 42.6 Å². The van der Waals surface area contributed by atoms with E-state index in [2.05, 4.69) is 41.0 Å². The summed E-state index contributed by atoms with van der Waals surface area (Å²) in [7, 11) is 0. The minimum atomic E-state index is -1.18. The minimum absolute atomic E-state index is 0.0390. The molecule has 5 amide bonds. The van der Waals surface area contributed by atoms with Crippen LogP contribution in [0.1, 0.15) is 68.4 Å². The van der Waals surface area contributed by atoms with Crippen LogP contribution < -0.4 is 30.9 Å². The number of nitrogens with zero attached hydrogens (tertiary/aromatic N) is 4. The zero-order valence-corrected chi connectivity index (χ0v) is 38.4. The second-order valence-corrected chi connectivity index (χ2v) is 19.3. The molecule has 5 aromatic rings. The average molecular weight is 937 g/mol. The van der Waals surface area contributed by atoms with Crippen molar-refractivity contribution in [3.63, 3.8) is 0 Å². The van der Waals surface area contributed by atoms with Crippen molar-refractivity contribution in [1.29, 1.82) is 0 Å². The molecule has 2 bridgehead atoms. The van der Waals surface area contributed by atoms with Gasteiger partial charge in [0, 0.05) is 93.7 Å². The molecule has 1 aliphatic carbocycles. The number of imide groups is 1. The van der Waals surface area contributed by atoms with Gasteiger partial charge < -0.3 is 30.7 Å². The monoisotopic (exact) mass is 936 g/mol. The third kappa shape index (κ3) is 10.3. The number of carbonyl (C=O) groups excluding carboxylic acids is 5. The van der Waals surface area contributed by atoms with Crippen LogP contribution in [0.15, 0.2) is 97.2 Å². The number of piperidine rings is 2. The highest BCUT2D eigenvalue weighted by atomic mass is 19.1. The molecule has 0 spiro atoms. The summed E-state index contributed by atoms with van der Waals surface area (Å²) in [5.41, 5.74) is 3.16. The van der Waals surface area contributed by atoms with Crippen molar-refractivity contribution in [2.24, 2.45) is 11.3 Å². The van der Waals surface area contributed by atoms with Crippen molar-refractivity contribution < 1.29 is 38.2 Å². The number of phenolic OH excluding ortho intramolecular Hbond substituents is 1. The number of hydrogen-bond acceptors (Lipinski definition) is 11. The lowest BCUT2D eigenvalue weighted by atomic mass is 9.90. The van der Waals surface area contributed by atoms with E-state index in [1.807, 2.05) is 30.3 Å². The molecule has 15 nitrogen and oxygen atoms in total. The topological polar surface area (TPSA) is 186 Å². The van der Waals surface area contributed by atoms with E-state index in [0.717, 1.165) is 68.9 Å². The molecule has 1 saturated carbocycles. The number of aryl methyl sites for hydroxylation is 1. The van der Waals surface area contributed by atoms with E-state index in [9.17, 15) is 33.5 Å². The normalized spacial score (nSPS) is 21.2. The first-order chi connectivity index (χ1) is 33.5. The Kier molecular flexibility index (Phi) is 13.0. The van der Waals surface area contributed by atoms with Crippen molar-refractivity contribution in [1.82, 2.24) is 25.4 Å². The van der Waals surface area contributed by atoms with Gasteiger partial charge in [0.1, 0.15) is 28.5 Å². The summed E-state index contributed by atoms with van der Waals surface area (Å²) in [5, 5.41) is 23.1. The first-order valence-corrected chi connectivity index (χ1v) is 24.2. The first-order valence-electron chi connectivity index (χ1n) is 24.2. The average Bonchev–Trinajstić information content (AvgIpc) is 3.96. The van der Waals surface area contributed by atoms with Gasteiger partial charge in [0.2, 0.25) is 29.5 Å². The third-order valence-electron chi connectivity index (χ3n) is 14.8. The molecule has 5 N–H and O–H groups in total. The number of ether oxygens (including phenoxy) is 1. The van der Waals surface area contributed by atoms with Gasteiger partial charge in [-0.1, -0.05) is 24.3 Å². The van der Waals surface area contributed by atoms with Gasteiger partial charge in [-0.3, -0.25) is 44.1 Å². The number of aromatic hydroxyl groups is 1. The number of amides is 5. The molecule has 1 aromatic heterocycles. The molecule has 3 atom stereocenters. The van der Waals surface area contributed by atoms with Gasteiger partial charge in [0.05, 0.1) is 17.1 Å². The summed E-state index contributed by atoms with van der Waals surface area (Å²) in [6, 6.07) is 26.5. The van der Waals surface area contributed by atoms with Gasteiger partial charge in [-0.25, -0.2) is 4.39 Å². The predicted octanol–water partition coefficient (Wildman–Crippen LogP) is 6.47. The summed E-state index contributed by atoms with van der Waals surface area (Å²) in [4.78, 5) is 74.6. The lowest BCUT2D eigenvalue weighted by Gasteiger charge is -2.39. The number of carbonyl (C=O) groups is 5. The molecule has 5 heterocycles. The molecule has 10 rings (SSSR count). The molecule has 0 radical (unpaired) electrons. The number of likely N-dealkylation sites (tertiary alicyclic amines) is 2. The number of aromatic nitrogens is 1. The van der Waals surface area contributed by atoms with Gasteiger partial charge in [-0.15, -0.1) is 0 Å². The van der Waals surface area contributed by atoms with Crippen molar-refractivity contribution in [2.75, 3.05) is 61.3 Å². The summed E-state index contributed by atoms with van der Waals surface area (Å²) in [6.07, 6.45) is 7.65. The van der Waals surface area contributed by atoms with Gasteiger partial charge in [-0.2, -0.15) is 0 Å². The maximum absolute atomic E-state index is 13.3. The molecule has 69 heavy (non-hydrogen) atoms. The second kappa shape index (κ2) is 19.6. The molecule has 358 valence electrons. The van der Waals surface area contributed by atoms with E-state index in [1.165, 1.54) is 30.7 Å². The SMILES string of the molecule is O=C(CCc1ccc(C2CCC(=O)NC2=O)cc1)NCCN1C[C@@H]2C[C@H]1CN2CC1CCN(c2cc3nccc(Oc4ccc(NC(=O)C5(C(=O)Nc6ccc(F)cc6)CC5)cc4)c3cc2O)CC1. The standard InChI is InChI=1S/C53H57FN8O7/c54-36-6-8-37(9-7-36)57-51(67)53(20-21-53)52(68)58-38-10-12-41(13-11-38)69-47-17-22-55-44-29-45(46(63)28-43(44)47)60-24-18-34(19-25-60)30-62-32-39-27-40(62)31-61(39)26-23-56-48(64)15-3-33-1-4-35(5-2-33)42-14-16-49(65)59-50(42)66/h1-2,4-13,17,22,28-29,34,39-40,42,63H,3,14-16,18-21,23-27,30-32H2,(H,56,64)(H,57,67)(H,58,68)(H,59,65,66)/t39-,40-,42?/m0/s1. The summed E-state index contributed by atoms with van der Waals surface area (Å²) in [6.45, 7) is 6.30. The number of fused-ring (bicyclic) bond motifs is 3. The van der Waals surface area contributed by atoms with Crippen LogP contribution in [0.4, 0.5) is 21.5 Å². The third-order valence-corrected chi connectivity index (χ3v) is 14.8. The molecule has 1 unspecified atom stereocenters. The van der Waals surface area contributed by atoms with Crippen LogP contribution in [-0.4, -0.2) is 107 Å². The Balaban J connectivity index is 0.646. The van der Waals surface area contributed by atoms with Gasteiger partial charge >= 0.3 is 0 Å². The number of nitrogens with one attached hydrogen (secondary N) is 4. The summed E-state index contributed by atoms with van der Waals surface area (Å²) in [5.74, 6) is -0.181. The van der Waals surface area contributed by atoms with Gasteiger partial charge in [-0.05, 0) is 129 Å². The Morgan fingerprint density at radius 3 is 2.19 bits per heavy atom. The molecule has 5 fully saturated rings. The first kappa shape index (κ1) is 45.9. The number of halogens is 1. The maximum Gasteiger partial charge on any atom is 0.240 e. The lowest BCUT2D eigenvalue weighted by Crippen LogP contribution is -2.50. The molecule has 4 aliphatic heterocycles. The van der Waals surface area contributed by atoms with Crippen molar-refractivity contribution in [3.8, 4) is 17.2 Å². The molecule has 4 saturated heterocycles. The van der Waals surface area contributed by atoms with E-state index >= 15 is 0 Å². The predicted molar refractivity (Wildman–Crippen MR) is 258 cm³/mol. The summed E-state index contributed by atoms with van der Waals surface area (Å²) < 4.78 is 19.6. The number of hydrogen-bond donors (Lipinski definition) is 5. The number of rotatable bonds is 16. The number of benzene rings is 4. The maximum atomic E-state index is 13.3. The lowest BCUT2D eigenvalue weighted by molar-refractivity contribution is -0.134. The molecule has 5 aliphatic rings. The van der Waals surface area contributed by atoms with Crippen molar-refractivity contribution in [2.45, 2.75) is 75.8 Å². The fourth-order valence-electron chi connectivity index (χ4n) is 10.6. The zero-order valence-electron chi connectivity index (χ0n) is 38.4. The Bertz CT molecular complexity index is 2740. The van der Waals surface area contributed by atoms with Crippen molar-refractivity contribution >= 4 is 57.5 Å². The highest BCUT2D eigenvalue weighted by molar-refractivity contribution is 6.17. The minimum Gasteiger partial charge on any atom is -0.506 e. The van der Waals surface area contributed by atoms with Gasteiger partial charge in [0.15, 0.2) is 0 Å². The Labute approximate surface area is 399 Å². The molecular formula is C53H57FN8O7. The van der Waals surface area contributed by atoms with E-state index in [4.69, 9.17) is 4.74 Å². The zero-order chi connectivity index (χ0) is 47.6. The van der Waals surface area contributed by atoms with Crippen LogP contribution >= 0.6 is 0 Å². The van der Waals surface area contributed by atoms with Crippen molar-refractivity contribution in [3.05, 3.63) is 114 Å². The highest BCUT2D eigenvalue weighted by Gasteiger charge is 2.56. The molecule has 4 aromatic carbocycles. The number of pyridine rings is 1. The van der Waals surface area contributed by atoms with Crippen LogP contribution in [0.5, 0.6) is 17.2 Å². The van der Waals surface area contributed by atoms with Crippen LogP contribution in [-0.2, 0) is 30.4 Å². The Morgan fingerprint density at radius 1 is 0.841 bits per heavy atom. The summed E-state index contributed by atoms with van der Waals surface area (Å²) >= 11 is 0. The smallest absolute Gasteiger partial charge is 0.240 e.